The van der Waals surface area contributed by atoms with Gasteiger partial charge < -0.3 is 0 Å². The predicted octanol–water partition coefficient (Wildman–Crippen LogP) is 5.50. The minimum atomic E-state index is -0.211. The maximum absolute atomic E-state index is 12.9. The highest BCUT2D eigenvalue weighted by molar-refractivity contribution is 7.98. The molecule has 0 aliphatic rings. The third kappa shape index (κ3) is 3.82. The lowest BCUT2D eigenvalue weighted by atomic mass is 9.99. The van der Waals surface area contributed by atoms with Crippen molar-refractivity contribution >= 4 is 11.8 Å². The Morgan fingerprint density at radius 2 is 1.54 bits per heavy atom. The van der Waals surface area contributed by atoms with Crippen LogP contribution in [0.15, 0.2) is 53.6 Å². The third-order valence-electron chi connectivity index (χ3n) is 4.06. The topological polar surface area (TPSA) is 25.8 Å². The van der Waals surface area contributed by atoms with E-state index < -0.39 is 0 Å². The number of nitrogens with zero attached hydrogens (tertiary/aromatic N) is 2. The summed E-state index contributed by atoms with van der Waals surface area (Å²) in [6.07, 6.45) is 0. The van der Waals surface area contributed by atoms with E-state index in [4.69, 9.17) is 0 Å². The van der Waals surface area contributed by atoms with Crippen LogP contribution in [-0.2, 0) is 5.75 Å². The Bertz CT molecular complexity index is 843. The monoisotopic (exact) mass is 338 g/mol. The maximum Gasteiger partial charge on any atom is 0.123 e. The largest absolute Gasteiger partial charge is 0.207 e. The van der Waals surface area contributed by atoms with Crippen molar-refractivity contribution in [2.45, 2.75) is 31.6 Å². The number of hydrogen-bond donors (Lipinski definition) is 0. The summed E-state index contributed by atoms with van der Waals surface area (Å²) in [5, 5.41) is 9.56. The predicted molar refractivity (Wildman–Crippen MR) is 97.6 cm³/mol. The van der Waals surface area contributed by atoms with Gasteiger partial charge in [0, 0.05) is 11.3 Å². The zero-order chi connectivity index (χ0) is 17.1. The first-order valence-corrected chi connectivity index (χ1v) is 8.80. The second kappa shape index (κ2) is 7.14. The molecule has 0 saturated carbocycles. The zero-order valence-corrected chi connectivity index (χ0v) is 14.8. The summed E-state index contributed by atoms with van der Waals surface area (Å²) in [4.78, 5) is 0. The smallest absolute Gasteiger partial charge is 0.123 e. The molecule has 0 bridgehead atoms. The highest BCUT2D eigenvalue weighted by Gasteiger charge is 2.07. The van der Waals surface area contributed by atoms with E-state index in [0.29, 0.717) is 0 Å². The van der Waals surface area contributed by atoms with Crippen LogP contribution in [0.2, 0.25) is 0 Å². The van der Waals surface area contributed by atoms with E-state index in [1.807, 2.05) is 12.1 Å². The van der Waals surface area contributed by atoms with Crippen molar-refractivity contribution in [2.24, 2.45) is 0 Å². The minimum absolute atomic E-state index is 0.211. The van der Waals surface area contributed by atoms with E-state index in [9.17, 15) is 4.39 Å². The summed E-state index contributed by atoms with van der Waals surface area (Å²) in [7, 11) is 0. The van der Waals surface area contributed by atoms with E-state index in [-0.39, 0.29) is 5.82 Å². The quantitative estimate of drug-likeness (QED) is 0.587. The van der Waals surface area contributed by atoms with E-state index in [1.54, 1.807) is 23.9 Å². The molecule has 0 N–H and O–H groups in total. The van der Waals surface area contributed by atoms with Crippen LogP contribution in [0.4, 0.5) is 4.39 Å². The highest BCUT2D eigenvalue weighted by atomic mass is 32.2. The molecule has 2 aromatic carbocycles. The van der Waals surface area contributed by atoms with Gasteiger partial charge in [0.2, 0.25) is 0 Å². The van der Waals surface area contributed by atoms with Crippen LogP contribution in [0.25, 0.3) is 11.3 Å². The molecular formula is C20H19FN2S. The molecule has 1 heterocycles. The number of hydrogen-bond acceptors (Lipinski definition) is 3. The fraction of sp³-hybridized carbons (Fsp3) is 0.200. The van der Waals surface area contributed by atoms with Crippen LogP contribution in [0, 0.1) is 26.6 Å². The zero-order valence-electron chi connectivity index (χ0n) is 14.0. The summed E-state index contributed by atoms with van der Waals surface area (Å²) in [5.74, 6) is 0.536. The Hall–Kier alpha value is -2.20. The van der Waals surface area contributed by atoms with Gasteiger partial charge in [-0.05, 0) is 73.4 Å². The Balaban J connectivity index is 1.73. The maximum atomic E-state index is 12.9. The summed E-state index contributed by atoms with van der Waals surface area (Å²) in [6.45, 7) is 6.33. The van der Waals surface area contributed by atoms with Gasteiger partial charge in [0.05, 0.1) is 5.69 Å². The normalized spacial score (nSPS) is 10.8. The first-order valence-electron chi connectivity index (χ1n) is 7.82. The van der Waals surface area contributed by atoms with Gasteiger partial charge in [-0.3, -0.25) is 0 Å². The Morgan fingerprint density at radius 3 is 2.21 bits per heavy atom. The third-order valence-corrected chi connectivity index (χ3v) is 5.05. The highest BCUT2D eigenvalue weighted by Crippen LogP contribution is 2.26. The van der Waals surface area contributed by atoms with Crippen molar-refractivity contribution in [3.63, 3.8) is 0 Å². The number of aryl methyl sites for hydroxylation is 3. The number of benzene rings is 2. The van der Waals surface area contributed by atoms with Crippen LogP contribution in [0.1, 0.15) is 22.3 Å². The van der Waals surface area contributed by atoms with Crippen molar-refractivity contribution in [1.82, 2.24) is 10.2 Å². The molecular weight excluding hydrogens is 319 g/mol. The molecule has 4 heteroatoms. The van der Waals surface area contributed by atoms with Gasteiger partial charge in [0.1, 0.15) is 10.8 Å². The van der Waals surface area contributed by atoms with Gasteiger partial charge in [-0.25, -0.2) is 4.39 Å². The molecule has 0 fully saturated rings. The van der Waals surface area contributed by atoms with Crippen LogP contribution < -0.4 is 0 Å². The number of rotatable bonds is 4. The Kier molecular flexibility index (Phi) is 4.95. The summed E-state index contributed by atoms with van der Waals surface area (Å²) in [5.41, 5.74) is 6.83. The molecule has 1 aromatic heterocycles. The molecule has 0 aliphatic heterocycles. The molecule has 24 heavy (non-hydrogen) atoms. The van der Waals surface area contributed by atoms with E-state index in [2.05, 4.69) is 43.1 Å². The van der Waals surface area contributed by atoms with Gasteiger partial charge in [-0.15, -0.1) is 10.2 Å². The van der Waals surface area contributed by atoms with Crippen molar-refractivity contribution in [3.05, 3.63) is 76.6 Å². The van der Waals surface area contributed by atoms with Crippen LogP contribution in [-0.4, -0.2) is 10.2 Å². The molecule has 0 saturated heterocycles. The fourth-order valence-corrected chi connectivity index (χ4v) is 3.28. The second-order valence-electron chi connectivity index (χ2n) is 5.92. The fourth-order valence-electron chi connectivity index (χ4n) is 2.52. The summed E-state index contributed by atoms with van der Waals surface area (Å²) in [6, 6.07) is 14.9. The number of halogens is 1. The van der Waals surface area contributed by atoms with Gasteiger partial charge in [0.15, 0.2) is 0 Å². The average molecular weight is 338 g/mol. The minimum Gasteiger partial charge on any atom is -0.207 e. The van der Waals surface area contributed by atoms with Crippen LogP contribution in [0.5, 0.6) is 0 Å². The summed E-state index contributed by atoms with van der Waals surface area (Å²) < 4.78 is 12.9. The molecule has 2 nitrogen and oxygen atoms in total. The molecule has 3 rings (SSSR count). The van der Waals surface area contributed by atoms with E-state index >= 15 is 0 Å². The SMILES string of the molecule is Cc1cc(C)c(-c2ccc(SCc3ccc(F)cc3)nn2)cc1C. The lowest BCUT2D eigenvalue weighted by Crippen LogP contribution is -1.94. The molecule has 0 amide bonds. The van der Waals surface area contributed by atoms with E-state index in [0.717, 1.165) is 27.6 Å². The lowest BCUT2D eigenvalue weighted by molar-refractivity contribution is 0.627. The molecule has 0 radical (unpaired) electrons. The molecule has 0 aliphatic carbocycles. The second-order valence-corrected chi connectivity index (χ2v) is 6.92. The van der Waals surface area contributed by atoms with Gasteiger partial charge >= 0.3 is 0 Å². The average Bonchev–Trinajstić information content (AvgIpc) is 2.58. The van der Waals surface area contributed by atoms with Gasteiger partial charge in [0.25, 0.3) is 0 Å². The lowest BCUT2D eigenvalue weighted by Gasteiger charge is -2.09. The standard InChI is InChI=1S/C20H19FN2S/c1-13-10-15(3)18(11-14(13)2)19-8-9-20(23-22-19)24-12-16-4-6-17(21)7-5-16/h4-11H,12H2,1-3H3. The molecule has 0 atom stereocenters. The van der Waals surface area contributed by atoms with Crippen molar-refractivity contribution in [3.8, 4) is 11.3 Å². The Labute approximate surface area is 146 Å². The first kappa shape index (κ1) is 16.7. The van der Waals surface area contributed by atoms with Crippen LogP contribution >= 0.6 is 11.8 Å². The number of thioether (sulfide) groups is 1. The number of aromatic nitrogens is 2. The molecule has 3 aromatic rings. The molecule has 122 valence electrons. The summed E-state index contributed by atoms with van der Waals surface area (Å²) >= 11 is 1.60. The van der Waals surface area contributed by atoms with Gasteiger partial charge in [-0.2, -0.15) is 0 Å². The molecule has 0 spiro atoms. The van der Waals surface area contributed by atoms with Crippen molar-refractivity contribution < 1.29 is 4.39 Å². The first-order chi connectivity index (χ1) is 11.5. The molecule has 0 unspecified atom stereocenters. The van der Waals surface area contributed by atoms with Crippen molar-refractivity contribution in [2.75, 3.05) is 0 Å². The van der Waals surface area contributed by atoms with Gasteiger partial charge in [-0.1, -0.05) is 30.0 Å². The van der Waals surface area contributed by atoms with Crippen LogP contribution in [0.3, 0.4) is 0 Å². The van der Waals surface area contributed by atoms with E-state index in [1.165, 1.54) is 28.8 Å². The Morgan fingerprint density at radius 1 is 0.833 bits per heavy atom. The van der Waals surface area contributed by atoms with Crippen molar-refractivity contribution in [1.29, 1.82) is 0 Å².